The Morgan fingerprint density at radius 2 is 1.80 bits per heavy atom. The van der Waals surface area contributed by atoms with Gasteiger partial charge in [-0.05, 0) is 35.9 Å². The van der Waals surface area contributed by atoms with Gasteiger partial charge >= 0.3 is 0 Å². The molecule has 0 heterocycles. The Morgan fingerprint density at radius 1 is 1.15 bits per heavy atom. The van der Waals surface area contributed by atoms with Crippen molar-refractivity contribution in [3.05, 3.63) is 59.4 Å². The number of nitrogen functional groups attached to an aromatic ring is 1. The number of primary amides is 1. The van der Waals surface area contributed by atoms with Crippen LogP contribution in [0.3, 0.4) is 0 Å². The maximum atomic E-state index is 13.1. The first-order chi connectivity index (χ1) is 9.47. The maximum Gasteiger partial charge on any atom is 0.248 e. The van der Waals surface area contributed by atoms with Crippen LogP contribution in [0.2, 0.25) is 0 Å². The van der Waals surface area contributed by atoms with Gasteiger partial charge in [-0.15, -0.1) is 0 Å². The number of halogens is 1. The highest BCUT2D eigenvalue weighted by molar-refractivity contribution is 7.84. The molecule has 0 aliphatic carbocycles. The highest BCUT2D eigenvalue weighted by atomic mass is 32.2. The molecule has 1 amide bonds. The van der Waals surface area contributed by atoms with E-state index in [4.69, 9.17) is 11.5 Å². The van der Waals surface area contributed by atoms with Gasteiger partial charge in [-0.1, -0.05) is 12.1 Å². The summed E-state index contributed by atoms with van der Waals surface area (Å²) in [5, 5.41) is 0. The minimum absolute atomic E-state index is 0.187. The molecular weight excluding hydrogens is 279 g/mol. The van der Waals surface area contributed by atoms with E-state index in [9.17, 15) is 13.4 Å². The topological polar surface area (TPSA) is 86.2 Å². The number of benzene rings is 2. The summed E-state index contributed by atoms with van der Waals surface area (Å²) in [5.74, 6) is -0.814. The van der Waals surface area contributed by atoms with Crippen LogP contribution in [0.5, 0.6) is 0 Å². The summed E-state index contributed by atoms with van der Waals surface area (Å²) in [7, 11) is -1.45. The molecule has 0 saturated heterocycles. The molecule has 2 aromatic carbocycles. The van der Waals surface area contributed by atoms with Crippen molar-refractivity contribution in [2.45, 2.75) is 10.6 Å². The van der Waals surface area contributed by atoms with Gasteiger partial charge in [0.15, 0.2) is 0 Å². The summed E-state index contributed by atoms with van der Waals surface area (Å²) < 4.78 is 25.3. The minimum Gasteiger partial charge on any atom is -0.398 e. The quantitative estimate of drug-likeness (QED) is 0.843. The molecule has 0 aromatic heterocycles. The Kier molecular flexibility index (Phi) is 4.14. The van der Waals surface area contributed by atoms with Crippen molar-refractivity contribution in [3.63, 3.8) is 0 Å². The van der Waals surface area contributed by atoms with E-state index in [0.717, 1.165) is 5.56 Å². The van der Waals surface area contributed by atoms with Crippen molar-refractivity contribution in [3.8, 4) is 0 Å². The van der Waals surface area contributed by atoms with Crippen LogP contribution in [-0.2, 0) is 16.6 Å². The molecule has 0 bridgehead atoms. The van der Waals surface area contributed by atoms with Gasteiger partial charge in [-0.2, -0.15) is 0 Å². The van der Waals surface area contributed by atoms with Crippen molar-refractivity contribution in [1.29, 1.82) is 0 Å². The fourth-order valence-corrected chi connectivity index (χ4v) is 2.93. The van der Waals surface area contributed by atoms with Gasteiger partial charge in [0.25, 0.3) is 0 Å². The van der Waals surface area contributed by atoms with Crippen LogP contribution in [0, 0.1) is 5.82 Å². The summed E-state index contributed by atoms with van der Waals surface area (Å²) in [6.45, 7) is 0. The van der Waals surface area contributed by atoms with E-state index in [1.54, 1.807) is 24.3 Å². The lowest BCUT2D eigenvalue weighted by Gasteiger charge is -2.06. The lowest BCUT2D eigenvalue weighted by molar-refractivity contribution is 0.100. The van der Waals surface area contributed by atoms with E-state index in [2.05, 4.69) is 0 Å². The molecule has 1 atom stereocenters. The van der Waals surface area contributed by atoms with E-state index in [-0.39, 0.29) is 10.6 Å². The molecule has 0 aliphatic rings. The van der Waals surface area contributed by atoms with Crippen LogP contribution in [0.1, 0.15) is 15.9 Å². The Bertz CT molecular complexity index is 671. The third kappa shape index (κ3) is 3.21. The molecule has 0 fully saturated rings. The van der Waals surface area contributed by atoms with E-state index in [1.807, 2.05) is 0 Å². The highest BCUT2D eigenvalue weighted by Gasteiger charge is 2.10. The van der Waals surface area contributed by atoms with Crippen LogP contribution in [-0.4, -0.2) is 10.1 Å². The zero-order valence-corrected chi connectivity index (χ0v) is 11.3. The molecule has 0 spiro atoms. The van der Waals surface area contributed by atoms with Crippen LogP contribution in [0.4, 0.5) is 10.1 Å². The summed E-state index contributed by atoms with van der Waals surface area (Å²) in [6, 6.07) is 10.2. The molecule has 4 N–H and O–H groups in total. The molecule has 0 saturated carbocycles. The minimum atomic E-state index is -1.45. The van der Waals surface area contributed by atoms with Gasteiger partial charge in [-0.25, -0.2) is 4.39 Å². The summed E-state index contributed by atoms with van der Waals surface area (Å²) in [6.07, 6.45) is 0. The fourth-order valence-electron chi connectivity index (χ4n) is 1.70. The molecule has 2 rings (SSSR count). The van der Waals surface area contributed by atoms with Crippen LogP contribution in [0.25, 0.3) is 0 Å². The molecule has 1 unspecified atom stereocenters. The lowest BCUT2D eigenvalue weighted by Crippen LogP contribution is -2.10. The van der Waals surface area contributed by atoms with Gasteiger partial charge in [-0.3, -0.25) is 9.00 Å². The second-order valence-corrected chi connectivity index (χ2v) is 5.65. The third-order valence-electron chi connectivity index (χ3n) is 2.76. The number of hydrogen-bond donors (Lipinski definition) is 2. The van der Waals surface area contributed by atoms with E-state index in [1.165, 1.54) is 18.2 Å². The molecule has 4 nitrogen and oxygen atoms in total. The smallest absolute Gasteiger partial charge is 0.248 e. The number of carbonyl (C=O) groups excluding carboxylic acids is 1. The van der Waals surface area contributed by atoms with Gasteiger partial charge in [0.2, 0.25) is 5.91 Å². The molecule has 6 heteroatoms. The average molecular weight is 292 g/mol. The van der Waals surface area contributed by atoms with Gasteiger partial charge < -0.3 is 11.5 Å². The average Bonchev–Trinajstić information content (AvgIpc) is 2.42. The Labute approximate surface area is 118 Å². The van der Waals surface area contributed by atoms with Crippen molar-refractivity contribution in [2.75, 3.05) is 5.73 Å². The summed E-state index contributed by atoms with van der Waals surface area (Å²) in [5.41, 5.74) is 12.2. The Balaban J connectivity index is 2.19. The first-order valence-electron chi connectivity index (χ1n) is 5.79. The van der Waals surface area contributed by atoms with Crippen molar-refractivity contribution >= 4 is 22.4 Å². The molecule has 0 radical (unpaired) electrons. The standard InChI is InChI=1S/C14H13FN2O2S/c15-11-5-6-12(16)13(7-11)20(19)8-9-1-3-10(4-2-9)14(17)18/h1-7H,8,16H2,(H2,17,18). The highest BCUT2D eigenvalue weighted by Crippen LogP contribution is 2.20. The maximum absolute atomic E-state index is 13.1. The van der Waals surface area contributed by atoms with E-state index < -0.39 is 22.5 Å². The zero-order chi connectivity index (χ0) is 14.7. The van der Waals surface area contributed by atoms with Crippen LogP contribution >= 0.6 is 0 Å². The van der Waals surface area contributed by atoms with E-state index in [0.29, 0.717) is 11.3 Å². The van der Waals surface area contributed by atoms with Crippen molar-refractivity contribution < 1.29 is 13.4 Å². The number of carbonyl (C=O) groups is 1. The molecule has 0 aliphatic heterocycles. The summed E-state index contributed by atoms with van der Waals surface area (Å²) in [4.78, 5) is 11.2. The normalized spacial score (nSPS) is 12.1. The third-order valence-corrected chi connectivity index (χ3v) is 4.20. The number of anilines is 1. The van der Waals surface area contributed by atoms with Crippen LogP contribution in [0.15, 0.2) is 47.4 Å². The molecule has 2 aromatic rings. The number of hydrogen-bond acceptors (Lipinski definition) is 3. The number of nitrogens with two attached hydrogens (primary N) is 2. The predicted octanol–water partition coefficient (Wildman–Crippen LogP) is 1.81. The second kappa shape index (κ2) is 5.83. The van der Waals surface area contributed by atoms with Gasteiger partial charge in [0.1, 0.15) is 5.82 Å². The van der Waals surface area contributed by atoms with Crippen molar-refractivity contribution in [2.24, 2.45) is 5.73 Å². The Hall–Kier alpha value is -2.21. The predicted molar refractivity (Wildman–Crippen MR) is 75.9 cm³/mol. The molecule has 104 valence electrons. The first kappa shape index (κ1) is 14.2. The largest absolute Gasteiger partial charge is 0.398 e. The second-order valence-electron chi connectivity index (χ2n) is 4.23. The van der Waals surface area contributed by atoms with Gasteiger partial charge in [0, 0.05) is 11.3 Å². The Morgan fingerprint density at radius 3 is 2.40 bits per heavy atom. The monoisotopic (exact) mass is 292 g/mol. The van der Waals surface area contributed by atoms with E-state index >= 15 is 0 Å². The summed E-state index contributed by atoms with van der Waals surface area (Å²) >= 11 is 0. The molecule has 20 heavy (non-hydrogen) atoms. The van der Waals surface area contributed by atoms with Crippen LogP contribution < -0.4 is 11.5 Å². The SMILES string of the molecule is NC(=O)c1ccc(CS(=O)c2cc(F)ccc2N)cc1. The number of amides is 1. The first-order valence-corrected chi connectivity index (χ1v) is 7.11. The molecular formula is C14H13FN2O2S. The zero-order valence-electron chi connectivity index (χ0n) is 10.5. The lowest BCUT2D eigenvalue weighted by atomic mass is 10.1. The van der Waals surface area contributed by atoms with Crippen molar-refractivity contribution in [1.82, 2.24) is 0 Å². The number of rotatable bonds is 4. The van der Waals surface area contributed by atoms with Gasteiger partial charge in [0.05, 0.1) is 21.4 Å². The fraction of sp³-hybridized carbons (Fsp3) is 0.0714.